The van der Waals surface area contributed by atoms with Gasteiger partial charge in [0.1, 0.15) is 18.0 Å². The Hall–Kier alpha value is -3.45. The third kappa shape index (κ3) is 4.27. The van der Waals surface area contributed by atoms with Crippen LogP contribution in [0.5, 0.6) is 0 Å². The van der Waals surface area contributed by atoms with Crippen LogP contribution in [0.25, 0.3) is 16.3 Å². The van der Waals surface area contributed by atoms with Gasteiger partial charge in [-0.2, -0.15) is 0 Å². The predicted molar refractivity (Wildman–Crippen MR) is 112 cm³/mol. The third-order valence-corrected chi connectivity index (χ3v) is 5.11. The van der Waals surface area contributed by atoms with E-state index in [1.165, 1.54) is 11.2 Å². The summed E-state index contributed by atoms with van der Waals surface area (Å²) in [7, 11) is 0. The van der Waals surface area contributed by atoms with E-state index >= 15 is 0 Å². The number of hydrogen-bond acceptors (Lipinski definition) is 5. The first kappa shape index (κ1) is 17.9. The van der Waals surface area contributed by atoms with Crippen molar-refractivity contribution in [2.24, 2.45) is 0 Å². The molecule has 0 spiro atoms. The Morgan fingerprint density at radius 1 is 1.00 bits per heavy atom. The second kappa shape index (κ2) is 8.49. The Kier molecular flexibility index (Phi) is 5.44. The lowest BCUT2D eigenvalue weighted by atomic mass is 10.1. The van der Waals surface area contributed by atoms with E-state index in [4.69, 9.17) is 0 Å². The van der Waals surface area contributed by atoms with Crippen molar-refractivity contribution in [3.8, 4) is 16.3 Å². The highest BCUT2D eigenvalue weighted by Gasteiger charge is 2.06. The molecule has 3 heterocycles. The first-order valence-corrected chi connectivity index (χ1v) is 9.79. The Morgan fingerprint density at radius 3 is 2.57 bits per heavy atom. The summed E-state index contributed by atoms with van der Waals surface area (Å²) in [6.45, 7) is 1.06. The van der Waals surface area contributed by atoms with Gasteiger partial charge in [0.15, 0.2) is 0 Å². The zero-order chi connectivity index (χ0) is 19.2. The Morgan fingerprint density at radius 2 is 1.82 bits per heavy atom. The SMILES string of the molecule is O=C(NCCNc1cc(-n2cccc2)ncn1)c1ccc(-c2cccs2)cc1. The van der Waals surface area contributed by atoms with Gasteiger partial charge in [0.2, 0.25) is 0 Å². The maximum absolute atomic E-state index is 12.3. The largest absolute Gasteiger partial charge is 0.368 e. The number of amides is 1. The van der Waals surface area contributed by atoms with E-state index in [1.807, 2.05) is 70.9 Å². The number of thiophene rings is 1. The molecule has 3 aromatic heterocycles. The molecule has 28 heavy (non-hydrogen) atoms. The van der Waals surface area contributed by atoms with Gasteiger partial charge in [0, 0.05) is 42.0 Å². The minimum atomic E-state index is -0.0877. The van der Waals surface area contributed by atoms with Crippen molar-refractivity contribution < 1.29 is 4.79 Å². The number of carbonyl (C=O) groups excluding carboxylic acids is 1. The van der Waals surface area contributed by atoms with E-state index in [1.54, 1.807) is 11.3 Å². The molecule has 0 unspecified atom stereocenters. The Balaban J connectivity index is 1.27. The number of carbonyl (C=O) groups is 1. The molecule has 4 rings (SSSR count). The number of nitrogens with zero attached hydrogens (tertiary/aromatic N) is 3. The summed E-state index contributed by atoms with van der Waals surface area (Å²) in [5, 5.41) is 8.17. The Labute approximate surface area is 166 Å². The lowest BCUT2D eigenvalue weighted by Gasteiger charge is -2.09. The molecule has 0 atom stereocenters. The molecule has 1 aromatic carbocycles. The topological polar surface area (TPSA) is 71.8 Å². The van der Waals surface area contributed by atoms with Gasteiger partial charge in [-0.3, -0.25) is 4.79 Å². The van der Waals surface area contributed by atoms with Gasteiger partial charge in [0.25, 0.3) is 5.91 Å². The van der Waals surface area contributed by atoms with Gasteiger partial charge in [-0.1, -0.05) is 18.2 Å². The van der Waals surface area contributed by atoms with Crippen LogP contribution in [0.4, 0.5) is 5.82 Å². The molecule has 0 fully saturated rings. The monoisotopic (exact) mass is 389 g/mol. The molecule has 4 aromatic rings. The molecule has 0 saturated heterocycles. The van der Waals surface area contributed by atoms with Gasteiger partial charge in [-0.25, -0.2) is 9.97 Å². The number of aromatic nitrogens is 3. The van der Waals surface area contributed by atoms with Crippen LogP contribution >= 0.6 is 11.3 Å². The van der Waals surface area contributed by atoms with Crippen molar-refractivity contribution in [3.63, 3.8) is 0 Å². The zero-order valence-corrected chi connectivity index (χ0v) is 15.9. The highest BCUT2D eigenvalue weighted by molar-refractivity contribution is 7.13. The van der Waals surface area contributed by atoms with Crippen LogP contribution in [0.1, 0.15) is 10.4 Å². The van der Waals surface area contributed by atoms with Gasteiger partial charge in [0.05, 0.1) is 0 Å². The molecule has 0 aliphatic carbocycles. The lowest BCUT2D eigenvalue weighted by molar-refractivity contribution is 0.0955. The third-order valence-electron chi connectivity index (χ3n) is 4.19. The summed E-state index contributed by atoms with van der Waals surface area (Å²) in [5.41, 5.74) is 1.77. The van der Waals surface area contributed by atoms with Crippen molar-refractivity contribution in [2.75, 3.05) is 18.4 Å². The zero-order valence-electron chi connectivity index (χ0n) is 15.1. The number of anilines is 1. The van der Waals surface area contributed by atoms with E-state index in [0.717, 1.165) is 11.4 Å². The molecule has 0 bridgehead atoms. The highest BCUT2D eigenvalue weighted by Crippen LogP contribution is 2.24. The molecule has 6 nitrogen and oxygen atoms in total. The molecule has 2 N–H and O–H groups in total. The standard InChI is InChI=1S/C21H19N5OS/c27-21(17-7-5-16(6-8-17)18-4-3-13-28-18)23-10-9-22-19-14-20(25-15-24-19)26-11-1-2-12-26/h1-8,11-15H,9-10H2,(H,23,27)(H,22,24,25). The van der Waals surface area contributed by atoms with Crippen molar-refractivity contribution in [2.45, 2.75) is 0 Å². The molecule has 0 saturated carbocycles. The van der Waals surface area contributed by atoms with Gasteiger partial charge >= 0.3 is 0 Å². The summed E-state index contributed by atoms with van der Waals surface area (Å²) >= 11 is 1.68. The number of hydrogen-bond donors (Lipinski definition) is 2. The van der Waals surface area contributed by atoms with Crippen LogP contribution < -0.4 is 10.6 Å². The van der Waals surface area contributed by atoms with Crippen molar-refractivity contribution in [3.05, 3.63) is 84.3 Å². The normalized spacial score (nSPS) is 10.6. The van der Waals surface area contributed by atoms with Crippen LogP contribution in [0.3, 0.4) is 0 Å². The van der Waals surface area contributed by atoms with E-state index in [0.29, 0.717) is 24.5 Å². The second-order valence-corrected chi connectivity index (χ2v) is 7.04. The summed E-state index contributed by atoms with van der Waals surface area (Å²) in [5.74, 6) is 1.42. The van der Waals surface area contributed by atoms with Crippen LogP contribution in [0, 0.1) is 0 Å². The van der Waals surface area contributed by atoms with Crippen LogP contribution in [-0.2, 0) is 0 Å². The van der Waals surface area contributed by atoms with Gasteiger partial charge in [-0.15, -0.1) is 11.3 Å². The minimum Gasteiger partial charge on any atom is -0.368 e. The number of rotatable bonds is 7. The van der Waals surface area contributed by atoms with Crippen LogP contribution in [0.15, 0.2) is 78.7 Å². The van der Waals surface area contributed by atoms with Crippen molar-refractivity contribution in [1.82, 2.24) is 19.9 Å². The summed E-state index contributed by atoms with van der Waals surface area (Å²) in [6, 6.07) is 17.5. The number of benzene rings is 1. The quantitative estimate of drug-likeness (QED) is 0.471. The van der Waals surface area contributed by atoms with Crippen molar-refractivity contribution >= 4 is 23.1 Å². The first-order valence-electron chi connectivity index (χ1n) is 8.91. The smallest absolute Gasteiger partial charge is 0.251 e. The average Bonchev–Trinajstić information content (AvgIpc) is 3.46. The van der Waals surface area contributed by atoms with Crippen LogP contribution in [-0.4, -0.2) is 33.5 Å². The average molecular weight is 389 g/mol. The molecular weight excluding hydrogens is 370 g/mol. The van der Waals surface area contributed by atoms with E-state index in [2.05, 4.69) is 26.7 Å². The fourth-order valence-electron chi connectivity index (χ4n) is 2.77. The molecule has 0 aliphatic heterocycles. The first-order chi connectivity index (χ1) is 13.8. The minimum absolute atomic E-state index is 0.0877. The summed E-state index contributed by atoms with van der Waals surface area (Å²) in [4.78, 5) is 22.0. The molecule has 0 radical (unpaired) electrons. The molecule has 1 amide bonds. The maximum atomic E-state index is 12.3. The Bertz CT molecular complexity index is 1030. The lowest BCUT2D eigenvalue weighted by Crippen LogP contribution is -2.28. The van der Waals surface area contributed by atoms with Crippen LogP contribution in [0.2, 0.25) is 0 Å². The predicted octanol–water partition coefficient (Wildman–Crippen LogP) is 3.84. The van der Waals surface area contributed by atoms with Crippen molar-refractivity contribution in [1.29, 1.82) is 0 Å². The molecular formula is C21H19N5OS. The van der Waals surface area contributed by atoms with Gasteiger partial charge < -0.3 is 15.2 Å². The van der Waals surface area contributed by atoms with E-state index < -0.39 is 0 Å². The fraction of sp³-hybridized carbons (Fsp3) is 0.0952. The van der Waals surface area contributed by atoms with E-state index in [9.17, 15) is 4.79 Å². The highest BCUT2D eigenvalue weighted by atomic mass is 32.1. The molecule has 0 aliphatic rings. The summed E-state index contributed by atoms with van der Waals surface area (Å²) in [6.07, 6.45) is 5.37. The van der Waals surface area contributed by atoms with E-state index in [-0.39, 0.29) is 5.91 Å². The van der Waals surface area contributed by atoms with Gasteiger partial charge in [-0.05, 0) is 41.3 Å². The second-order valence-electron chi connectivity index (χ2n) is 6.09. The molecule has 7 heteroatoms. The number of nitrogens with one attached hydrogen (secondary N) is 2. The molecule has 140 valence electrons. The maximum Gasteiger partial charge on any atom is 0.251 e. The summed E-state index contributed by atoms with van der Waals surface area (Å²) < 4.78 is 1.91. The fourth-order valence-corrected chi connectivity index (χ4v) is 3.50.